The molecule has 0 saturated carbocycles. The summed E-state index contributed by atoms with van der Waals surface area (Å²) in [7, 11) is 1.23. The molecule has 1 saturated heterocycles. The standard InChI is InChI=1S/C23H29N3O7S/c1-23(2,3)33-22(31)25-14-11-17(27)20-26(19(14)29)16(12-34-20)18(28)24-15(21(30)32-4)10-13-8-6-5-7-9-13/h5-9,11,15-17,20,27H,10,12H2,1-4H3,(H,24,28)(H,25,31)/t15-,16-,17-,20-/m0/s1. The zero-order chi connectivity index (χ0) is 25.0. The van der Waals surface area contributed by atoms with Gasteiger partial charge in [0, 0.05) is 12.2 Å². The number of nitrogens with one attached hydrogen (secondary N) is 2. The Bertz CT molecular complexity index is 977. The number of aliphatic hydroxyl groups is 1. The van der Waals surface area contributed by atoms with E-state index < -0.39 is 53.0 Å². The van der Waals surface area contributed by atoms with Crippen LogP contribution in [0.1, 0.15) is 26.3 Å². The summed E-state index contributed by atoms with van der Waals surface area (Å²) in [4.78, 5) is 52.0. The zero-order valence-corrected chi connectivity index (χ0v) is 20.3. The fraction of sp³-hybridized carbons (Fsp3) is 0.478. The zero-order valence-electron chi connectivity index (χ0n) is 19.4. The summed E-state index contributed by atoms with van der Waals surface area (Å²) >= 11 is 1.24. The van der Waals surface area contributed by atoms with Crippen molar-refractivity contribution in [1.82, 2.24) is 15.5 Å². The quantitative estimate of drug-likeness (QED) is 0.501. The van der Waals surface area contributed by atoms with Crippen LogP contribution in [0.5, 0.6) is 0 Å². The second-order valence-corrected chi connectivity index (χ2v) is 10.1. The van der Waals surface area contributed by atoms with E-state index in [1.807, 2.05) is 30.3 Å². The van der Waals surface area contributed by atoms with Gasteiger partial charge in [0.1, 0.15) is 34.9 Å². The molecule has 34 heavy (non-hydrogen) atoms. The van der Waals surface area contributed by atoms with Gasteiger partial charge in [-0.1, -0.05) is 30.3 Å². The predicted octanol–water partition coefficient (Wildman–Crippen LogP) is 0.940. The fourth-order valence-electron chi connectivity index (χ4n) is 3.68. The number of aliphatic hydroxyl groups excluding tert-OH is 1. The number of nitrogens with zero attached hydrogens (tertiary/aromatic N) is 1. The van der Waals surface area contributed by atoms with Crippen molar-refractivity contribution >= 4 is 35.6 Å². The topological polar surface area (TPSA) is 134 Å². The van der Waals surface area contributed by atoms with Crippen molar-refractivity contribution in [3.8, 4) is 0 Å². The van der Waals surface area contributed by atoms with E-state index in [-0.39, 0.29) is 17.9 Å². The van der Waals surface area contributed by atoms with E-state index in [1.54, 1.807) is 20.8 Å². The molecule has 2 heterocycles. The van der Waals surface area contributed by atoms with E-state index in [9.17, 15) is 24.3 Å². The van der Waals surface area contributed by atoms with E-state index in [0.717, 1.165) is 5.56 Å². The third kappa shape index (κ3) is 6.09. The molecule has 0 radical (unpaired) electrons. The number of methoxy groups -OCH3 is 1. The molecule has 0 aliphatic carbocycles. The summed E-state index contributed by atoms with van der Waals surface area (Å²) in [5, 5.41) is 14.9. The van der Waals surface area contributed by atoms with Crippen LogP contribution in [0, 0.1) is 0 Å². The van der Waals surface area contributed by atoms with E-state index in [2.05, 4.69) is 10.6 Å². The maximum absolute atomic E-state index is 13.2. The number of esters is 1. The Morgan fingerprint density at radius 2 is 1.91 bits per heavy atom. The van der Waals surface area contributed by atoms with Crippen LogP contribution in [0.15, 0.2) is 42.1 Å². The highest BCUT2D eigenvalue weighted by Gasteiger charge is 2.48. The average Bonchev–Trinajstić information content (AvgIpc) is 3.22. The molecule has 10 nitrogen and oxygen atoms in total. The number of carbonyl (C=O) groups is 4. The molecule has 3 amide bonds. The van der Waals surface area contributed by atoms with Gasteiger partial charge in [0.25, 0.3) is 5.91 Å². The lowest BCUT2D eigenvalue weighted by Crippen LogP contribution is -2.58. The van der Waals surface area contributed by atoms with E-state index >= 15 is 0 Å². The molecule has 2 aliphatic heterocycles. The van der Waals surface area contributed by atoms with Gasteiger partial charge in [-0.25, -0.2) is 9.59 Å². The molecule has 0 aromatic heterocycles. The number of thioether (sulfide) groups is 1. The number of amides is 3. The molecular formula is C23H29N3O7S. The van der Waals surface area contributed by atoms with Gasteiger partial charge in [0.05, 0.1) is 7.11 Å². The minimum atomic E-state index is -1.11. The van der Waals surface area contributed by atoms with Gasteiger partial charge >= 0.3 is 12.1 Å². The second kappa shape index (κ2) is 10.5. The van der Waals surface area contributed by atoms with Gasteiger partial charge in [-0.15, -0.1) is 11.8 Å². The summed E-state index contributed by atoms with van der Waals surface area (Å²) in [6, 6.07) is 7.23. The SMILES string of the molecule is COC(=O)[C@H](Cc1ccccc1)NC(=O)[C@@H]1CS[C@H]2[C@@H](O)C=C(NC(=O)OC(C)(C)C)C(=O)N12. The Kier molecular flexibility index (Phi) is 7.88. The molecule has 2 aliphatic rings. The van der Waals surface area contributed by atoms with Crippen molar-refractivity contribution in [2.45, 2.75) is 56.4 Å². The van der Waals surface area contributed by atoms with Crippen LogP contribution in [0.2, 0.25) is 0 Å². The van der Waals surface area contributed by atoms with Gasteiger partial charge < -0.3 is 24.8 Å². The molecule has 1 aromatic carbocycles. The number of fused-ring (bicyclic) bond motifs is 1. The van der Waals surface area contributed by atoms with Gasteiger partial charge in [0.2, 0.25) is 5.91 Å². The van der Waals surface area contributed by atoms with Crippen LogP contribution >= 0.6 is 11.8 Å². The van der Waals surface area contributed by atoms with Crippen LogP contribution in [0.25, 0.3) is 0 Å². The number of ether oxygens (including phenoxy) is 2. The van der Waals surface area contributed by atoms with E-state index in [1.165, 1.54) is 29.8 Å². The summed E-state index contributed by atoms with van der Waals surface area (Å²) < 4.78 is 10.0. The monoisotopic (exact) mass is 491 g/mol. The Labute approximate surface area is 202 Å². The molecule has 0 spiro atoms. The van der Waals surface area contributed by atoms with E-state index in [4.69, 9.17) is 9.47 Å². The Morgan fingerprint density at radius 3 is 2.53 bits per heavy atom. The Hall–Kier alpha value is -3.05. The Morgan fingerprint density at radius 1 is 1.24 bits per heavy atom. The number of benzene rings is 1. The number of carbonyl (C=O) groups excluding carboxylic acids is 4. The average molecular weight is 492 g/mol. The molecule has 1 fully saturated rings. The van der Waals surface area contributed by atoms with Crippen molar-refractivity contribution < 1.29 is 33.8 Å². The fourth-order valence-corrected chi connectivity index (χ4v) is 5.05. The lowest BCUT2D eigenvalue weighted by Gasteiger charge is -2.35. The van der Waals surface area contributed by atoms with Crippen LogP contribution < -0.4 is 10.6 Å². The number of rotatable bonds is 6. The van der Waals surface area contributed by atoms with Crippen LogP contribution in [-0.2, 0) is 30.3 Å². The lowest BCUT2D eigenvalue weighted by molar-refractivity contribution is -0.146. The largest absolute Gasteiger partial charge is 0.467 e. The van der Waals surface area contributed by atoms with Crippen LogP contribution in [0.4, 0.5) is 4.79 Å². The normalized spacial score (nSPS) is 22.9. The Balaban J connectivity index is 1.74. The summed E-state index contributed by atoms with van der Waals surface area (Å²) in [6.45, 7) is 5.04. The summed E-state index contributed by atoms with van der Waals surface area (Å²) in [5.74, 6) is -1.58. The highest BCUT2D eigenvalue weighted by atomic mass is 32.2. The van der Waals surface area contributed by atoms with Crippen molar-refractivity contribution in [2.24, 2.45) is 0 Å². The number of hydrogen-bond acceptors (Lipinski definition) is 8. The summed E-state index contributed by atoms with van der Waals surface area (Å²) in [6.07, 6.45) is -0.497. The van der Waals surface area contributed by atoms with Crippen molar-refractivity contribution in [3.05, 3.63) is 47.7 Å². The molecule has 4 atom stereocenters. The maximum atomic E-state index is 13.2. The minimum absolute atomic E-state index is 0.174. The lowest BCUT2D eigenvalue weighted by atomic mass is 10.0. The first kappa shape index (κ1) is 25.6. The minimum Gasteiger partial charge on any atom is -0.467 e. The number of hydrogen-bond donors (Lipinski definition) is 3. The maximum Gasteiger partial charge on any atom is 0.412 e. The molecule has 1 aromatic rings. The third-order valence-electron chi connectivity index (χ3n) is 5.15. The van der Waals surface area contributed by atoms with Crippen molar-refractivity contribution in [3.63, 3.8) is 0 Å². The molecule has 0 bridgehead atoms. The molecule has 184 valence electrons. The second-order valence-electron chi connectivity index (χ2n) is 8.92. The number of alkyl carbamates (subject to hydrolysis) is 1. The van der Waals surface area contributed by atoms with Crippen LogP contribution in [0.3, 0.4) is 0 Å². The van der Waals surface area contributed by atoms with Gasteiger partial charge in [-0.05, 0) is 32.4 Å². The van der Waals surface area contributed by atoms with Gasteiger partial charge in [-0.3, -0.25) is 14.9 Å². The van der Waals surface area contributed by atoms with Crippen LogP contribution in [-0.4, -0.2) is 75.9 Å². The smallest absolute Gasteiger partial charge is 0.412 e. The molecule has 11 heteroatoms. The molecular weight excluding hydrogens is 462 g/mol. The van der Waals surface area contributed by atoms with Crippen molar-refractivity contribution in [2.75, 3.05) is 12.9 Å². The highest BCUT2D eigenvalue weighted by Crippen LogP contribution is 2.36. The van der Waals surface area contributed by atoms with Gasteiger partial charge in [0.15, 0.2) is 0 Å². The molecule has 3 N–H and O–H groups in total. The summed E-state index contributed by atoms with van der Waals surface area (Å²) in [5.41, 5.74) is -0.128. The first-order chi connectivity index (χ1) is 16.0. The first-order valence-corrected chi connectivity index (χ1v) is 11.8. The highest BCUT2D eigenvalue weighted by molar-refractivity contribution is 8.00. The van der Waals surface area contributed by atoms with Crippen molar-refractivity contribution in [1.29, 1.82) is 0 Å². The predicted molar refractivity (Wildman–Crippen MR) is 124 cm³/mol. The third-order valence-corrected chi connectivity index (χ3v) is 6.51. The first-order valence-electron chi connectivity index (χ1n) is 10.8. The molecule has 0 unspecified atom stereocenters. The van der Waals surface area contributed by atoms with Gasteiger partial charge in [-0.2, -0.15) is 0 Å². The molecule has 3 rings (SSSR count). The van der Waals surface area contributed by atoms with E-state index in [0.29, 0.717) is 0 Å².